The first-order chi connectivity index (χ1) is 9.08. The molecule has 0 aliphatic rings. The molecular weight excluding hydrogens is 246 g/mol. The highest BCUT2D eigenvalue weighted by atomic mass is 19.2. The van der Waals surface area contributed by atoms with E-state index in [-0.39, 0.29) is 11.3 Å². The van der Waals surface area contributed by atoms with Gasteiger partial charge in [-0.15, -0.1) is 0 Å². The monoisotopic (exact) mass is 256 g/mol. The van der Waals surface area contributed by atoms with Crippen LogP contribution in [-0.4, -0.2) is 5.78 Å². The number of hydrogen-bond donors (Lipinski definition) is 0. The van der Waals surface area contributed by atoms with Gasteiger partial charge in [-0.3, -0.25) is 4.79 Å². The Morgan fingerprint density at radius 1 is 1.05 bits per heavy atom. The van der Waals surface area contributed by atoms with Crippen molar-refractivity contribution >= 4 is 5.78 Å². The molecule has 0 spiro atoms. The number of ketones is 1. The molecule has 0 aromatic heterocycles. The lowest BCUT2D eigenvalue weighted by Crippen LogP contribution is -1.97. The molecule has 2 aromatic rings. The molecule has 0 aliphatic carbocycles. The molecule has 0 heterocycles. The van der Waals surface area contributed by atoms with Crippen LogP contribution in [-0.2, 0) is 0 Å². The van der Waals surface area contributed by atoms with Gasteiger partial charge in [-0.1, -0.05) is 30.2 Å². The predicted octanol–water partition coefficient (Wildman–Crippen LogP) is 3.51. The lowest BCUT2D eigenvalue weighted by Gasteiger charge is -1.98. The molecule has 0 N–H and O–H groups in total. The van der Waals surface area contributed by atoms with Crippen molar-refractivity contribution in [1.29, 1.82) is 0 Å². The van der Waals surface area contributed by atoms with E-state index in [1.54, 1.807) is 12.1 Å². The van der Waals surface area contributed by atoms with E-state index < -0.39 is 11.6 Å². The van der Waals surface area contributed by atoms with E-state index in [0.717, 1.165) is 17.7 Å². The molecular formula is C16H10F2O. The Hall–Kier alpha value is -2.47. The molecule has 0 aliphatic heterocycles. The first kappa shape index (κ1) is 13.0. The highest BCUT2D eigenvalue weighted by Gasteiger charge is 2.05. The molecule has 0 unspecified atom stereocenters. The van der Waals surface area contributed by atoms with Gasteiger partial charge < -0.3 is 0 Å². The SMILES string of the molecule is Cc1ccccc1C(=O)C#Cc1ccc(F)c(F)c1. The van der Waals surface area contributed by atoms with Gasteiger partial charge in [0.05, 0.1) is 0 Å². The summed E-state index contributed by atoms with van der Waals surface area (Å²) in [5, 5.41) is 0. The molecule has 0 fully saturated rings. The number of rotatable bonds is 1. The standard InChI is InChI=1S/C16H10F2O/c1-11-4-2-3-5-13(11)16(19)9-7-12-6-8-14(17)15(18)10-12/h2-6,8,10H,1H3. The molecule has 19 heavy (non-hydrogen) atoms. The van der Waals surface area contributed by atoms with E-state index in [2.05, 4.69) is 11.8 Å². The Bertz CT molecular complexity index is 693. The normalized spacial score (nSPS) is 9.63. The third-order valence-corrected chi connectivity index (χ3v) is 2.63. The highest BCUT2D eigenvalue weighted by molar-refractivity contribution is 6.10. The number of carbonyl (C=O) groups is 1. The molecule has 0 amide bonds. The first-order valence-corrected chi connectivity index (χ1v) is 5.65. The topological polar surface area (TPSA) is 17.1 Å². The molecule has 0 radical (unpaired) electrons. The fourth-order valence-corrected chi connectivity index (χ4v) is 1.60. The van der Waals surface area contributed by atoms with Crippen LogP contribution >= 0.6 is 0 Å². The van der Waals surface area contributed by atoms with Crippen LogP contribution in [0.1, 0.15) is 21.5 Å². The Balaban J connectivity index is 2.27. The summed E-state index contributed by atoms with van der Waals surface area (Å²) >= 11 is 0. The predicted molar refractivity (Wildman–Crippen MR) is 68.7 cm³/mol. The largest absolute Gasteiger partial charge is 0.279 e. The van der Waals surface area contributed by atoms with E-state index in [0.29, 0.717) is 5.56 Å². The summed E-state index contributed by atoms with van der Waals surface area (Å²) in [5.41, 5.74) is 1.60. The van der Waals surface area contributed by atoms with Crippen molar-refractivity contribution in [3.63, 3.8) is 0 Å². The summed E-state index contributed by atoms with van der Waals surface area (Å²) in [5.74, 6) is 2.70. The number of aryl methyl sites for hydroxylation is 1. The van der Waals surface area contributed by atoms with E-state index in [4.69, 9.17) is 0 Å². The molecule has 0 bridgehead atoms. The molecule has 3 heteroatoms. The summed E-state index contributed by atoms with van der Waals surface area (Å²) in [6.45, 7) is 1.81. The second-order valence-electron chi connectivity index (χ2n) is 4.02. The Kier molecular flexibility index (Phi) is 3.72. The molecule has 2 rings (SSSR count). The summed E-state index contributed by atoms with van der Waals surface area (Å²) in [6.07, 6.45) is 0. The minimum atomic E-state index is -0.977. The molecule has 1 nitrogen and oxygen atoms in total. The van der Waals surface area contributed by atoms with Gasteiger partial charge in [-0.05, 0) is 36.6 Å². The number of hydrogen-bond acceptors (Lipinski definition) is 1. The third-order valence-electron chi connectivity index (χ3n) is 2.63. The van der Waals surface area contributed by atoms with E-state index in [1.165, 1.54) is 6.07 Å². The van der Waals surface area contributed by atoms with E-state index in [1.807, 2.05) is 19.1 Å². The van der Waals surface area contributed by atoms with Crippen molar-refractivity contribution in [1.82, 2.24) is 0 Å². The average molecular weight is 256 g/mol. The summed E-state index contributed by atoms with van der Waals surface area (Å²) < 4.78 is 25.7. The van der Waals surface area contributed by atoms with Crippen LogP contribution in [0.5, 0.6) is 0 Å². The second kappa shape index (κ2) is 5.45. The van der Waals surface area contributed by atoms with Crippen LogP contribution in [0.15, 0.2) is 42.5 Å². The zero-order valence-corrected chi connectivity index (χ0v) is 10.2. The van der Waals surface area contributed by atoms with Crippen molar-refractivity contribution in [2.45, 2.75) is 6.92 Å². The molecule has 0 atom stereocenters. The van der Waals surface area contributed by atoms with Crippen LogP contribution in [0.2, 0.25) is 0 Å². The summed E-state index contributed by atoms with van der Waals surface area (Å²) in [6, 6.07) is 10.3. The van der Waals surface area contributed by atoms with Gasteiger partial charge in [-0.2, -0.15) is 0 Å². The minimum absolute atomic E-state index is 0.265. The Labute approximate surface area is 109 Å². The Morgan fingerprint density at radius 3 is 2.47 bits per heavy atom. The number of Topliss-reactive ketones (excluding diaryl/α,β-unsaturated/α-hetero) is 1. The third kappa shape index (κ3) is 3.05. The van der Waals surface area contributed by atoms with E-state index in [9.17, 15) is 13.6 Å². The number of benzene rings is 2. The summed E-state index contributed by atoms with van der Waals surface area (Å²) in [4.78, 5) is 11.8. The lowest BCUT2D eigenvalue weighted by molar-refractivity contribution is 0.105. The maximum absolute atomic E-state index is 13.0. The van der Waals surface area contributed by atoms with Gasteiger partial charge in [0, 0.05) is 11.1 Å². The fourth-order valence-electron chi connectivity index (χ4n) is 1.60. The average Bonchev–Trinajstić information content (AvgIpc) is 2.40. The van der Waals surface area contributed by atoms with Crippen LogP contribution in [0.3, 0.4) is 0 Å². The Morgan fingerprint density at radius 2 is 1.79 bits per heavy atom. The van der Waals surface area contributed by atoms with Crippen LogP contribution < -0.4 is 0 Å². The van der Waals surface area contributed by atoms with Crippen LogP contribution in [0, 0.1) is 30.4 Å². The van der Waals surface area contributed by atoms with Crippen molar-refractivity contribution in [3.05, 3.63) is 70.8 Å². The van der Waals surface area contributed by atoms with Crippen molar-refractivity contribution < 1.29 is 13.6 Å². The van der Waals surface area contributed by atoms with E-state index >= 15 is 0 Å². The van der Waals surface area contributed by atoms with Gasteiger partial charge in [0.25, 0.3) is 0 Å². The number of carbonyl (C=O) groups excluding carboxylic acids is 1. The zero-order valence-electron chi connectivity index (χ0n) is 10.2. The maximum Gasteiger partial charge on any atom is 0.236 e. The lowest BCUT2D eigenvalue weighted by atomic mass is 10.0. The number of halogens is 2. The van der Waals surface area contributed by atoms with Crippen molar-refractivity contribution in [3.8, 4) is 11.8 Å². The van der Waals surface area contributed by atoms with Crippen LogP contribution in [0.4, 0.5) is 8.78 Å². The van der Waals surface area contributed by atoms with Crippen molar-refractivity contribution in [2.24, 2.45) is 0 Å². The van der Waals surface area contributed by atoms with Crippen LogP contribution in [0.25, 0.3) is 0 Å². The van der Waals surface area contributed by atoms with Gasteiger partial charge in [-0.25, -0.2) is 8.78 Å². The minimum Gasteiger partial charge on any atom is -0.279 e. The van der Waals surface area contributed by atoms with Crippen molar-refractivity contribution in [2.75, 3.05) is 0 Å². The zero-order chi connectivity index (χ0) is 13.8. The summed E-state index contributed by atoms with van der Waals surface area (Å²) in [7, 11) is 0. The van der Waals surface area contributed by atoms with Gasteiger partial charge >= 0.3 is 0 Å². The quantitative estimate of drug-likeness (QED) is 0.563. The van der Waals surface area contributed by atoms with Gasteiger partial charge in [0.1, 0.15) is 0 Å². The first-order valence-electron chi connectivity index (χ1n) is 5.65. The van der Waals surface area contributed by atoms with Gasteiger partial charge in [0.15, 0.2) is 11.6 Å². The molecule has 94 valence electrons. The van der Waals surface area contributed by atoms with Gasteiger partial charge in [0.2, 0.25) is 5.78 Å². The molecule has 0 saturated heterocycles. The fraction of sp³-hybridized carbons (Fsp3) is 0.0625. The second-order valence-corrected chi connectivity index (χ2v) is 4.02. The molecule has 2 aromatic carbocycles. The molecule has 0 saturated carbocycles. The highest BCUT2D eigenvalue weighted by Crippen LogP contribution is 2.09. The maximum atomic E-state index is 13.0. The smallest absolute Gasteiger partial charge is 0.236 e.